The summed E-state index contributed by atoms with van der Waals surface area (Å²) >= 11 is 0. The number of ether oxygens (including phenoxy) is 2. The van der Waals surface area contributed by atoms with Crippen molar-refractivity contribution in [1.82, 2.24) is 15.5 Å². The van der Waals surface area contributed by atoms with Crippen LogP contribution in [0.3, 0.4) is 0 Å². The van der Waals surface area contributed by atoms with Gasteiger partial charge in [-0.15, -0.1) is 0 Å². The molecule has 0 bridgehead atoms. The molecule has 36 heavy (non-hydrogen) atoms. The number of methoxy groups -OCH3 is 2. The molecule has 4 aromatic rings. The molecule has 0 fully saturated rings. The molecule has 182 valence electrons. The van der Waals surface area contributed by atoms with Gasteiger partial charge in [0, 0.05) is 11.3 Å². The van der Waals surface area contributed by atoms with E-state index < -0.39 is 6.04 Å². The summed E-state index contributed by atoms with van der Waals surface area (Å²) in [5.41, 5.74) is 4.84. The van der Waals surface area contributed by atoms with Crippen LogP contribution in [0, 0.1) is 6.92 Å². The molecule has 1 aliphatic rings. The minimum atomic E-state index is -0.497. The van der Waals surface area contributed by atoms with Crippen molar-refractivity contribution < 1.29 is 18.8 Å². The number of carbonyl (C=O) groups excluding carboxylic acids is 1. The second-order valence-electron chi connectivity index (χ2n) is 8.48. The average Bonchev–Trinajstić information content (AvgIpc) is 3.38. The van der Waals surface area contributed by atoms with Crippen molar-refractivity contribution in [3.05, 3.63) is 95.5 Å². The van der Waals surface area contributed by atoms with E-state index in [1.807, 2.05) is 86.6 Å². The first-order valence-corrected chi connectivity index (χ1v) is 11.5. The Bertz CT molecular complexity index is 1440. The molecule has 2 heterocycles. The zero-order chi connectivity index (χ0) is 25.2. The summed E-state index contributed by atoms with van der Waals surface area (Å²) in [6.45, 7) is 3.88. The van der Waals surface area contributed by atoms with Crippen LogP contribution < -0.4 is 19.7 Å². The Morgan fingerprint density at radius 2 is 1.67 bits per heavy atom. The van der Waals surface area contributed by atoms with Gasteiger partial charge in [0.15, 0.2) is 0 Å². The number of carbonyl (C=O) groups is 1. The van der Waals surface area contributed by atoms with Crippen molar-refractivity contribution in [3.8, 4) is 22.9 Å². The molecule has 1 aromatic heterocycles. The molecule has 1 aliphatic heterocycles. The molecule has 5 rings (SSSR count). The highest BCUT2D eigenvalue weighted by atomic mass is 16.5. The zero-order valence-corrected chi connectivity index (χ0v) is 20.5. The highest BCUT2D eigenvalue weighted by Gasteiger charge is 2.36. The molecule has 1 atom stereocenters. The van der Waals surface area contributed by atoms with Crippen LogP contribution in [0.5, 0.6) is 11.5 Å². The van der Waals surface area contributed by atoms with Crippen molar-refractivity contribution in [2.75, 3.05) is 19.1 Å². The van der Waals surface area contributed by atoms with E-state index in [0.717, 1.165) is 28.1 Å². The van der Waals surface area contributed by atoms with Crippen molar-refractivity contribution in [2.45, 2.75) is 19.9 Å². The van der Waals surface area contributed by atoms with Gasteiger partial charge in [-0.1, -0.05) is 41.6 Å². The second-order valence-corrected chi connectivity index (χ2v) is 8.48. The lowest BCUT2D eigenvalue weighted by Gasteiger charge is -2.35. The second kappa shape index (κ2) is 9.58. The summed E-state index contributed by atoms with van der Waals surface area (Å²) < 4.78 is 16.4. The smallest absolute Gasteiger partial charge is 0.326 e. The molecule has 0 aliphatic carbocycles. The van der Waals surface area contributed by atoms with Crippen LogP contribution in [0.15, 0.2) is 83.0 Å². The Labute approximate surface area is 209 Å². The fourth-order valence-corrected chi connectivity index (χ4v) is 4.36. The van der Waals surface area contributed by atoms with Crippen molar-refractivity contribution in [3.63, 3.8) is 0 Å². The molecule has 0 radical (unpaired) electrons. The minimum absolute atomic E-state index is 0.241. The molecule has 1 unspecified atom stereocenters. The van der Waals surface area contributed by atoms with Gasteiger partial charge in [0.25, 0.3) is 5.89 Å². The Kier molecular flexibility index (Phi) is 6.16. The number of anilines is 1. The first-order valence-electron chi connectivity index (χ1n) is 11.5. The molecule has 3 aromatic carbocycles. The number of benzene rings is 3. The summed E-state index contributed by atoms with van der Waals surface area (Å²) in [6.07, 6.45) is 0. The highest BCUT2D eigenvalue weighted by molar-refractivity contribution is 6.01. The van der Waals surface area contributed by atoms with Crippen LogP contribution >= 0.6 is 0 Å². The first kappa shape index (κ1) is 23.2. The number of allylic oxidation sites excluding steroid dienone is 1. The number of nitrogens with zero attached hydrogens (tertiary/aromatic N) is 3. The molecule has 1 N–H and O–H groups in total. The van der Waals surface area contributed by atoms with Crippen LogP contribution in [0.1, 0.15) is 30.0 Å². The van der Waals surface area contributed by atoms with E-state index in [0.29, 0.717) is 28.7 Å². The monoisotopic (exact) mass is 482 g/mol. The van der Waals surface area contributed by atoms with Gasteiger partial charge in [0.1, 0.15) is 11.5 Å². The third kappa shape index (κ3) is 4.29. The van der Waals surface area contributed by atoms with Gasteiger partial charge in [-0.05, 0) is 61.4 Å². The van der Waals surface area contributed by atoms with E-state index in [4.69, 9.17) is 19.0 Å². The average molecular weight is 483 g/mol. The maximum atomic E-state index is 13.4. The Balaban J connectivity index is 1.64. The highest BCUT2D eigenvalue weighted by Crippen LogP contribution is 2.39. The largest absolute Gasteiger partial charge is 0.497 e. The zero-order valence-electron chi connectivity index (χ0n) is 20.5. The molecular formula is C28H26N4O4. The standard InChI is InChI=1S/C28H26N4O4/c1-17-7-5-9-21(15-17)32-18(2)24(25(29-28(32)33)19-11-13-22(34-3)14-12-19)27-30-26(31-36-27)20-8-6-10-23(16-20)35-4/h5-16,25H,1-4H3,(H,29,33). The SMILES string of the molecule is COc1ccc(C2NC(=O)N(c3cccc(C)c3)C(C)=C2c2nc(-c3cccc(OC)c3)no2)cc1. The topological polar surface area (TPSA) is 89.7 Å². The number of urea groups is 1. The van der Waals surface area contributed by atoms with Crippen molar-refractivity contribution in [2.24, 2.45) is 0 Å². The summed E-state index contributed by atoms with van der Waals surface area (Å²) in [5.74, 6) is 2.17. The van der Waals surface area contributed by atoms with Crippen LogP contribution in [0.4, 0.5) is 10.5 Å². The number of aromatic nitrogens is 2. The summed E-state index contributed by atoms with van der Waals surface area (Å²) in [5, 5.41) is 7.36. The van der Waals surface area contributed by atoms with E-state index in [1.165, 1.54) is 0 Å². The van der Waals surface area contributed by atoms with E-state index in [1.54, 1.807) is 19.1 Å². The summed E-state index contributed by atoms with van der Waals surface area (Å²) in [6, 6.07) is 22.0. The first-order chi connectivity index (χ1) is 17.5. The van der Waals surface area contributed by atoms with Crippen LogP contribution in [0.25, 0.3) is 17.0 Å². The van der Waals surface area contributed by atoms with Gasteiger partial charge in [-0.2, -0.15) is 4.98 Å². The van der Waals surface area contributed by atoms with Gasteiger partial charge < -0.3 is 19.3 Å². The molecule has 2 amide bonds. The summed E-state index contributed by atoms with van der Waals surface area (Å²) in [4.78, 5) is 19.7. The Hall–Kier alpha value is -4.59. The number of nitrogens with one attached hydrogen (secondary N) is 1. The van der Waals surface area contributed by atoms with Gasteiger partial charge in [0.05, 0.1) is 31.5 Å². The third-order valence-electron chi connectivity index (χ3n) is 6.18. The lowest BCUT2D eigenvalue weighted by Crippen LogP contribution is -2.46. The fourth-order valence-electron chi connectivity index (χ4n) is 4.36. The Morgan fingerprint density at radius 1 is 0.917 bits per heavy atom. The number of aryl methyl sites for hydroxylation is 1. The van der Waals surface area contributed by atoms with Crippen LogP contribution in [0.2, 0.25) is 0 Å². The summed E-state index contributed by atoms with van der Waals surface area (Å²) in [7, 11) is 3.23. The molecule has 0 saturated heterocycles. The van der Waals surface area contributed by atoms with Gasteiger partial charge >= 0.3 is 6.03 Å². The molecule has 8 heteroatoms. The van der Waals surface area contributed by atoms with Gasteiger partial charge in [-0.3, -0.25) is 4.90 Å². The van der Waals surface area contributed by atoms with Gasteiger partial charge in [0.2, 0.25) is 5.82 Å². The van der Waals surface area contributed by atoms with Crippen molar-refractivity contribution >= 4 is 17.3 Å². The van der Waals surface area contributed by atoms with E-state index in [-0.39, 0.29) is 6.03 Å². The predicted molar refractivity (Wildman–Crippen MR) is 137 cm³/mol. The maximum absolute atomic E-state index is 13.4. The van der Waals surface area contributed by atoms with E-state index in [9.17, 15) is 4.79 Å². The molecule has 8 nitrogen and oxygen atoms in total. The van der Waals surface area contributed by atoms with Crippen molar-refractivity contribution in [1.29, 1.82) is 0 Å². The Morgan fingerprint density at radius 3 is 2.39 bits per heavy atom. The van der Waals surface area contributed by atoms with Crippen LogP contribution in [-0.2, 0) is 0 Å². The molecule has 0 spiro atoms. The fraction of sp³-hybridized carbons (Fsp3) is 0.179. The maximum Gasteiger partial charge on any atom is 0.326 e. The lowest BCUT2D eigenvalue weighted by molar-refractivity contribution is 0.244. The quantitative estimate of drug-likeness (QED) is 0.376. The van der Waals surface area contributed by atoms with E-state index >= 15 is 0 Å². The minimum Gasteiger partial charge on any atom is -0.497 e. The lowest BCUT2D eigenvalue weighted by atomic mass is 9.94. The number of hydrogen-bond acceptors (Lipinski definition) is 6. The number of hydrogen-bond donors (Lipinski definition) is 1. The van der Waals surface area contributed by atoms with Crippen LogP contribution in [-0.4, -0.2) is 30.4 Å². The predicted octanol–water partition coefficient (Wildman–Crippen LogP) is 5.76. The van der Waals surface area contributed by atoms with E-state index in [2.05, 4.69) is 10.5 Å². The third-order valence-corrected chi connectivity index (χ3v) is 6.18. The number of rotatable bonds is 6. The molecular weight excluding hydrogens is 456 g/mol. The number of amides is 2. The van der Waals surface area contributed by atoms with Gasteiger partial charge in [-0.25, -0.2) is 4.79 Å². The normalized spacial score (nSPS) is 15.6. The molecule has 0 saturated carbocycles.